The molecule has 0 heterocycles. The molecule has 0 saturated heterocycles. The van der Waals surface area contributed by atoms with E-state index in [2.05, 4.69) is 5.32 Å². The molecule has 0 bridgehead atoms. The minimum atomic E-state index is -0.730. The quantitative estimate of drug-likeness (QED) is 0.579. The summed E-state index contributed by atoms with van der Waals surface area (Å²) in [5.41, 5.74) is 0. The van der Waals surface area contributed by atoms with Gasteiger partial charge in [0.2, 0.25) is 5.91 Å². The van der Waals surface area contributed by atoms with Gasteiger partial charge in [0, 0.05) is 13.0 Å². The van der Waals surface area contributed by atoms with Crippen LogP contribution >= 0.6 is 11.8 Å². The summed E-state index contributed by atoms with van der Waals surface area (Å²) in [5.74, 6) is 0.807. The SMILES string of the molecule is CCCNC(=O)CSCCCCCC(=O)O. The number of carboxylic acids is 1. The highest BCUT2D eigenvalue weighted by Crippen LogP contribution is 2.07. The van der Waals surface area contributed by atoms with E-state index in [9.17, 15) is 9.59 Å². The van der Waals surface area contributed by atoms with Crippen molar-refractivity contribution >= 4 is 23.6 Å². The molecule has 0 radical (unpaired) electrons. The van der Waals surface area contributed by atoms with Crippen molar-refractivity contribution in [3.05, 3.63) is 0 Å². The normalized spacial score (nSPS) is 10.1. The number of rotatable bonds is 10. The summed E-state index contributed by atoms with van der Waals surface area (Å²) in [5, 5.41) is 11.2. The van der Waals surface area contributed by atoms with Crippen molar-refractivity contribution in [2.45, 2.75) is 39.0 Å². The van der Waals surface area contributed by atoms with Gasteiger partial charge in [0.25, 0.3) is 0 Å². The van der Waals surface area contributed by atoms with Crippen LogP contribution in [0.5, 0.6) is 0 Å². The second-order valence-electron chi connectivity index (χ2n) is 3.61. The maximum atomic E-state index is 11.2. The van der Waals surface area contributed by atoms with Gasteiger partial charge in [-0.05, 0) is 25.0 Å². The van der Waals surface area contributed by atoms with E-state index in [0.29, 0.717) is 5.75 Å². The highest BCUT2D eigenvalue weighted by atomic mass is 32.2. The zero-order valence-electron chi connectivity index (χ0n) is 9.83. The van der Waals surface area contributed by atoms with Crippen molar-refractivity contribution in [2.75, 3.05) is 18.1 Å². The largest absolute Gasteiger partial charge is 0.481 e. The number of amides is 1. The Balaban J connectivity index is 3.14. The van der Waals surface area contributed by atoms with Gasteiger partial charge in [-0.1, -0.05) is 13.3 Å². The lowest BCUT2D eigenvalue weighted by Crippen LogP contribution is -2.25. The Labute approximate surface area is 101 Å². The first-order valence-electron chi connectivity index (χ1n) is 5.73. The Morgan fingerprint density at radius 2 is 2.00 bits per heavy atom. The molecule has 4 nitrogen and oxygen atoms in total. The average molecular weight is 247 g/mol. The fourth-order valence-corrected chi connectivity index (χ4v) is 1.98. The summed E-state index contributed by atoms with van der Waals surface area (Å²) >= 11 is 1.61. The topological polar surface area (TPSA) is 66.4 Å². The summed E-state index contributed by atoms with van der Waals surface area (Å²) in [6.07, 6.45) is 3.86. The molecule has 2 N–H and O–H groups in total. The van der Waals surface area contributed by atoms with Crippen molar-refractivity contribution in [3.8, 4) is 0 Å². The molecule has 0 aliphatic heterocycles. The molecule has 0 unspecified atom stereocenters. The predicted molar refractivity (Wildman–Crippen MR) is 66.7 cm³/mol. The molecule has 5 heteroatoms. The minimum absolute atomic E-state index is 0.0948. The third-order valence-corrected chi connectivity index (χ3v) is 3.03. The molecular weight excluding hydrogens is 226 g/mol. The van der Waals surface area contributed by atoms with Crippen LogP contribution in [0.25, 0.3) is 0 Å². The van der Waals surface area contributed by atoms with E-state index in [-0.39, 0.29) is 12.3 Å². The summed E-state index contributed by atoms with van der Waals surface area (Å²) in [6, 6.07) is 0. The highest BCUT2D eigenvalue weighted by Gasteiger charge is 2.00. The Kier molecular flexibility index (Phi) is 10.3. The molecule has 0 atom stereocenters. The first kappa shape index (κ1) is 15.3. The van der Waals surface area contributed by atoms with Crippen LogP contribution in [-0.4, -0.2) is 35.0 Å². The number of carbonyl (C=O) groups excluding carboxylic acids is 1. The van der Waals surface area contributed by atoms with Gasteiger partial charge in [0.15, 0.2) is 0 Å². The van der Waals surface area contributed by atoms with E-state index in [1.54, 1.807) is 11.8 Å². The van der Waals surface area contributed by atoms with Crippen LogP contribution in [-0.2, 0) is 9.59 Å². The first-order chi connectivity index (χ1) is 7.66. The van der Waals surface area contributed by atoms with E-state index in [0.717, 1.165) is 38.0 Å². The van der Waals surface area contributed by atoms with Gasteiger partial charge in [-0.15, -0.1) is 0 Å². The smallest absolute Gasteiger partial charge is 0.303 e. The second kappa shape index (κ2) is 10.8. The summed E-state index contributed by atoms with van der Waals surface area (Å²) < 4.78 is 0. The maximum absolute atomic E-state index is 11.2. The first-order valence-corrected chi connectivity index (χ1v) is 6.88. The van der Waals surface area contributed by atoms with E-state index in [1.165, 1.54) is 0 Å². The van der Waals surface area contributed by atoms with Crippen molar-refractivity contribution < 1.29 is 14.7 Å². The third-order valence-electron chi connectivity index (χ3n) is 1.98. The number of nitrogens with one attached hydrogen (secondary N) is 1. The molecule has 1 amide bonds. The molecule has 0 rings (SSSR count). The van der Waals surface area contributed by atoms with Gasteiger partial charge >= 0.3 is 5.97 Å². The zero-order chi connectivity index (χ0) is 12.2. The fraction of sp³-hybridized carbons (Fsp3) is 0.818. The average Bonchev–Trinajstić information content (AvgIpc) is 2.24. The van der Waals surface area contributed by atoms with Crippen LogP contribution in [0.4, 0.5) is 0 Å². The molecular formula is C11H21NO3S. The van der Waals surface area contributed by atoms with Crippen LogP contribution in [0.1, 0.15) is 39.0 Å². The van der Waals surface area contributed by atoms with E-state index in [1.807, 2.05) is 6.92 Å². The predicted octanol–water partition coefficient (Wildman–Crippen LogP) is 1.89. The molecule has 0 saturated carbocycles. The molecule has 0 spiro atoms. The van der Waals surface area contributed by atoms with Gasteiger partial charge in [-0.25, -0.2) is 0 Å². The molecule has 0 aromatic rings. The van der Waals surface area contributed by atoms with Gasteiger partial charge in [-0.3, -0.25) is 9.59 Å². The Morgan fingerprint density at radius 3 is 2.62 bits per heavy atom. The van der Waals surface area contributed by atoms with E-state index >= 15 is 0 Å². The maximum Gasteiger partial charge on any atom is 0.303 e. The van der Waals surface area contributed by atoms with Gasteiger partial charge < -0.3 is 10.4 Å². The lowest BCUT2D eigenvalue weighted by Gasteiger charge is -2.03. The number of thioether (sulfide) groups is 1. The van der Waals surface area contributed by atoms with Crippen molar-refractivity contribution in [1.29, 1.82) is 0 Å². The number of aliphatic carboxylic acids is 1. The number of carboxylic acid groups (broad SMARTS) is 1. The van der Waals surface area contributed by atoms with Crippen LogP contribution in [0.2, 0.25) is 0 Å². The molecule has 0 aliphatic rings. The monoisotopic (exact) mass is 247 g/mol. The zero-order valence-corrected chi connectivity index (χ0v) is 10.6. The summed E-state index contributed by atoms with van der Waals surface area (Å²) in [7, 11) is 0. The van der Waals surface area contributed by atoms with Crippen LogP contribution in [0.15, 0.2) is 0 Å². The minimum Gasteiger partial charge on any atom is -0.481 e. The molecule has 0 aromatic carbocycles. The lowest BCUT2D eigenvalue weighted by molar-refractivity contribution is -0.137. The summed E-state index contributed by atoms with van der Waals surface area (Å²) in [6.45, 7) is 2.77. The lowest BCUT2D eigenvalue weighted by atomic mass is 10.2. The number of hydrogen-bond acceptors (Lipinski definition) is 3. The van der Waals surface area contributed by atoms with Crippen molar-refractivity contribution in [2.24, 2.45) is 0 Å². The van der Waals surface area contributed by atoms with Crippen LogP contribution in [0.3, 0.4) is 0 Å². The Morgan fingerprint density at radius 1 is 1.25 bits per heavy atom. The number of unbranched alkanes of at least 4 members (excludes halogenated alkanes) is 2. The van der Waals surface area contributed by atoms with Gasteiger partial charge in [0.1, 0.15) is 0 Å². The third kappa shape index (κ3) is 11.4. The molecule has 16 heavy (non-hydrogen) atoms. The highest BCUT2D eigenvalue weighted by molar-refractivity contribution is 7.99. The Bertz CT molecular complexity index is 209. The Hall–Kier alpha value is -0.710. The molecule has 0 aliphatic carbocycles. The van der Waals surface area contributed by atoms with Crippen LogP contribution < -0.4 is 5.32 Å². The number of carbonyl (C=O) groups is 2. The summed E-state index contributed by atoms with van der Waals surface area (Å²) in [4.78, 5) is 21.4. The standard InChI is InChI=1S/C11H21NO3S/c1-2-7-12-10(13)9-16-8-5-3-4-6-11(14)15/h2-9H2,1H3,(H,12,13)(H,14,15). The second-order valence-corrected chi connectivity index (χ2v) is 4.71. The van der Waals surface area contributed by atoms with E-state index < -0.39 is 5.97 Å². The van der Waals surface area contributed by atoms with Crippen molar-refractivity contribution in [1.82, 2.24) is 5.32 Å². The van der Waals surface area contributed by atoms with Crippen molar-refractivity contribution in [3.63, 3.8) is 0 Å². The molecule has 0 aromatic heterocycles. The van der Waals surface area contributed by atoms with Gasteiger partial charge in [-0.2, -0.15) is 11.8 Å². The molecule has 0 fully saturated rings. The van der Waals surface area contributed by atoms with Gasteiger partial charge in [0.05, 0.1) is 5.75 Å². The fourth-order valence-electron chi connectivity index (χ4n) is 1.14. The molecule has 94 valence electrons. The van der Waals surface area contributed by atoms with E-state index in [4.69, 9.17) is 5.11 Å². The number of hydrogen-bond donors (Lipinski definition) is 2. The van der Waals surface area contributed by atoms with Crippen LogP contribution in [0, 0.1) is 0 Å².